The molecule has 2 aliphatic heterocycles. The predicted octanol–water partition coefficient (Wildman–Crippen LogP) is 0.583. The minimum atomic E-state index is -2.08. The van der Waals surface area contributed by atoms with Crippen molar-refractivity contribution in [3.63, 3.8) is 0 Å². The standard InChI is InChI=1S/C12H20N2O8/c1-9(2)19-5-11(6-20-9,13(15)16)12(14(17)18)7-21-10(3,4)22-8-12/h5-8H2,1-4H3. The van der Waals surface area contributed by atoms with Crippen LogP contribution in [0.2, 0.25) is 0 Å². The van der Waals surface area contributed by atoms with Gasteiger partial charge in [0.25, 0.3) is 0 Å². The van der Waals surface area contributed by atoms with Crippen LogP contribution in [-0.4, -0.2) is 58.9 Å². The molecule has 0 saturated carbocycles. The van der Waals surface area contributed by atoms with E-state index in [1.165, 1.54) is 0 Å². The molecule has 22 heavy (non-hydrogen) atoms. The van der Waals surface area contributed by atoms with Crippen molar-refractivity contribution in [2.45, 2.75) is 50.3 Å². The van der Waals surface area contributed by atoms with Gasteiger partial charge in [0.15, 0.2) is 11.6 Å². The summed E-state index contributed by atoms with van der Waals surface area (Å²) in [7, 11) is 0. The molecule has 0 amide bonds. The molecule has 0 unspecified atom stereocenters. The van der Waals surface area contributed by atoms with Gasteiger partial charge in [-0.1, -0.05) is 0 Å². The fraction of sp³-hybridized carbons (Fsp3) is 1.00. The second-order valence-electron chi connectivity index (χ2n) is 6.53. The molecule has 0 aromatic rings. The van der Waals surface area contributed by atoms with Gasteiger partial charge < -0.3 is 18.9 Å². The van der Waals surface area contributed by atoms with Gasteiger partial charge in [0.1, 0.15) is 26.4 Å². The summed E-state index contributed by atoms with van der Waals surface area (Å²) in [6.07, 6.45) is 0. The van der Waals surface area contributed by atoms with Gasteiger partial charge in [0.2, 0.25) is 0 Å². The van der Waals surface area contributed by atoms with Gasteiger partial charge in [-0.25, -0.2) is 0 Å². The summed E-state index contributed by atoms with van der Waals surface area (Å²) in [6.45, 7) is 4.53. The average molecular weight is 320 g/mol. The van der Waals surface area contributed by atoms with Gasteiger partial charge in [-0.3, -0.25) is 20.2 Å². The van der Waals surface area contributed by atoms with E-state index < -0.39 is 58.9 Å². The van der Waals surface area contributed by atoms with Gasteiger partial charge in [-0.2, -0.15) is 0 Å². The van der Waals surface area contributed by atoms with Crippen LogP contribution >= 0.6 is 0 Å². The average Bonchev–Trinajstić information content (AvgIpc) is 2.39. The number of hydrogen-bond acceptors (Lipinski definition) is 8. The van der Waals surface area contributed by atoms with E-state index in [1.54, 1.807) is 27.7 Å². The van der Waals surface area contributed by atoms with Crippen molar-refractivity contribution in [1.29, 1.82) is 0 Å². The summed E-state index contributed by atoms with van der Waals surface area (Å²) >= 11 is 0. The molecule has 10 nitrogen and oxygen atoms in total. The smallest absolute Gasteiger partial charge is 0.340 e. The van der Waals surface area contributed by atoms with Crippen LogP contribution in [0.15, 0.2) is 0 Å². The quantitative estimate of drug-likeness (QED) is 0.546. The number of nitrogens with zero attached hydrogens (tertiary/aromatic N) is 2. The van der Waals surface area contributed by atoms with E-state index in [9.17, 15) is 20.2 Å². The number of rotatable bonds is 3. The maximum atomic E-state index is 11.7. The molecule has 0 bridgehead atoms. The molecule has 0 atom stereocenters. The topological polar surface area (TPSA) is 123 Å². The molecule has 0 spiro atoms. The molecule has 2 fully saturated rings. The van der Waals surface area contributed by atoms with E-state index in [0.717, 1.165) is 0 Å². The lowest BCUT2D eigenvalue weighted by Gasteiger charge is -2.46. The highest BCUT2D eigenvalue weighted by Gasteiger charge is 2.75. The highest BCUT2D eigenvalue weighted by atomic mass is 16.7. The van der Waals surface area contributed by atoms with Gasteiger partial charge >= 0.3 is 11.1 Å². The number of ether oxygens (including phenoxy) is 4. The Hall–Kier alpha value is -1.36. The van der Waals surface area contributed by atoms with Crippen LogP contribution in [0, 0.1) is 20.2 Å². The number of hydrogen-bond donors (Lipinski definition) is 0. The zero-order valence-electron chi connectivity index (χ0n) is 13.0. The lowest BCUT2D eigenvalue weighted by molar-refractivity contribution is -0.710. The molecule has 0 radical (unpaired) electrons. The van der Waals surface area contributed by atoms with Crippen molar-refractivity contribution in [3.8, 4) is 0 Å². The second kappa shape index (κ2) is 5.08. The Bertz CT molecular complexity index is 426. The van der Waals surface area contributed by atoms with Crippen molar-refractivity contribution >= 4 is 0 Å². The largest absolute Gasteiger partial charge is 0.343 e. The highest BCUT2D eigenvalue weighted by Crippen LogP contribution is 2.40. The van der Waals surface area contributed by atoms with Gasteiger partial charge in [0, 0.05) is 9.85 Å². The molecule has 126 valence electrons. The van der Waals surface area contributed by atoms with E-state index in [1.807, 2.05) is 0 Å². The van der Waals surface area contributed by atoms with Crippen LogP contribution in [0.25, 0.3) is 0 Å². The first-order chi connectivity index (χ1) is 9.97. The van der Waals surface area contributed by atoms with Crippen molar-refractivity contribution in [2.24, 2.45) is 0 Å². The Balaban J connectivity index is 2.40. The van der Waals surface area contributed by atoms with E-state index in [2.05, 4.69) is 0 Å². The van der Waals surface area contributed by atoms with Gasteiger partial charge in [-0.05, 0) is 27.7 Å². The van der Waals surface area contributed by atoms with E-state index >= 15 is 0 Å². The molecule has 2 aliphatic rings. The van der Waals surface area contributed by atoms with Gasteiger partial charge in [-0.15, -0.1) is 0 Å². The third-order valence-corrected chi connectivity index (χ3v) is 4.20. The number of nitro groups is 2. The van der Waals surface area contributed by atoms with Crippen LogP contribution in [0.1, 0.15) is 27.7 Å². The molecule has 0 aliphatic carbocycles. The Morgan fingerprint density at radius 3 is 1.09 bits per heavy atom. The first-order valence-corrected chi connectivity index (χ1v) is 6.81. The first kappa shape index (κ1) is 17.0. The Kier molecular flexibility index (Phi) is 3.93. The van der Waals surface area contributed by atoms with E-state index in [-0.39, 0.29) is 0 Å². The lowest BCUT2D eigenvalue weighted by atomic mass is 9.77. The molecular weight excluding hydrogens is 300 g/mol. The third kappa shape index (κ3) is 2.56. The van der Waals surface area contributed by atoms with Crippen molar-refractivity contribution in [1.82, 2.24) is 0 Å². The lowest BCUT2D eigenvalue weighted by Crippen LogP contribution is -2.76. The maximum absolute atomic E-state index is 11.7. The SMILES string of the molecule is CC1(C)OCC([N+](=O)[O-])(C2([N+](=O)[O-])COC(C)(C)OC2)CO1. The molecule has 0 aromatic carbocycles. The zero-order valence-corrected chi connectivity index (χ0v) is 13.0. The van der Waals surface area contributed by atoms with Crippen LogP contribution in [0.3, 0.4) is 0 Å². The maximum Gasteiger partial charge on any atom is 0.340 e. The Morgan fingerprint density at radius 2 is 0.909 bits per heavy atom. The molecule has 2 saturated heterocycles. The summed E-state index contributed by atoms with van der Waals surface area (Å²) < 4.78 is 21.4. The molecule has 10 heteroatoms. The first-order valence-electron chi connectivity index (χ1n) is 6.81. The monoisotopic (exact) mass is 320 g/mol. The zero-order chi connectivity index (χ0) is 16.8. The molecule has 2 heterocycles. The summed E-state index contributed by atoms with van der Waals surface area (Å²) in [5, 5.41) is 23.4. The molecule has 2 rings (SSSR count). The second-order valence-corrected chi connectivity index (χ2v) is 6.53. The molecule has 0 aromatic heterocycles. The summed E-state index contributed by atoms with van der Waals surface area (Å²) in [6, 6.07) is 0. The third-order valence-electron chi connectivity index (χ3n) is 4.20. The highest BCUT2D eigenvalue weighted by molar-refractivity contribution is 5.05. The molecular formula is C12H20N2O8. The van der Waals surface area contributed by atoms with E-state index in [0.29, 0.717) is 0 Å². The minimum absolute atomic E-state index is 0.457. The van der Waals surface area contributed by atoms with Crippen molar-refractivity contribution < 1.29 is 28.8 Å². The fourth-order valence-electron chi connectivity index (χ4n) is 2.43. The normalized spacial score (nSPS) is 28.7. The van der Waals surface area contributed by atoms with Crippen LogP contribution in [0.5, 0.6) is 0 Å². The predicted molar refractivity (Wildman–Crippen MR) is 71.4 cm³/mol. The van der Waals surface area contributed by atoms with Crippen molar-refractivity contribution in [2.75, 3.05) is 26.4 Å². The summed E-state index contributed by atoms with van der Waals surface area (Å²) in [5.41, 5.74) is -4.16. The van der Waals surface area contributed by atoms with Crippen LogP contribution < -0.4 is 0 Å². The van der Waals surface area contributed by atoms with Crippen molar-refractivity contribution in [3.05, 3.63) is 20.2 Å². The fourth-order valence-corrected chi connectivity index (χ4v) is 2.43. The summed E-state index contributed by atoms with van der Waals surface area (Å²) in [4.78, 5) is 22.0. The van der Waals surface area contributed by atoms with E-state index in [4.69, 9.17) is 18.9 Å². The minimum Gasteiger partial charge on any atom is -0.343 e. The molecule has 0 N–H and O–H groups in total. The Morgan fingerprint density at radius 1 is 0.682 bits per heavy atom. The van der Waals surface area contributed by atoms with Crippen LogP contribution in [0.4, 0.5) is 0 Å². The van der Waals surface area contributed by atoms with Gasteiger partial charge in [0.05, 0.1) is 0 Å². The summed E-state index contributed by atoms with van der Waals surface area (Å²) in [5.74, 6) is -2.07. The van der Waals surface area contributed by atoms with Crippen LogP contribution in [-0.2, 0) is 18.9 Å². The Labute approximate surface area is 127 Å².